The summed E-state index contributed by atoms with van der Waals surface area (Å²) in [6, 6.07) is 6.87. The molecule has 0 aliphatic carbocycles. The molecule has 0 aromatic heterocycles. The van der Waals surface area contributed by atoms with Gasteiger partial charge in [-0.3, -0.25) is 0 Å². The van der Waals surface area contributed by atoms with Gasteiger partial charge in [0.1, 0.15) is 0 Å². The molecule has 0 radical (unpaired) electrons. The standard InChI is InChI=1S/C7H4O4S/c8-7(9)12-10-5-3-1-2-4-6(5)11-12/h1-4H/p+1. The molecule has 0 unspecified atom stereocenters. The fourth-order valence-electron chi connectivity index (χ4n) is 0.839. The Bertz CT molecular complexity index is 300. The van der Waals surface area contributed by atoms with Crippen LogP contribution in [0.15, 0.2) is 24.3 Å². The van der Waals surface area contributed by atoms with Crippen LogP contribution in [0.3, 0.4) is 0 Å². The van der Waals surface area contributed by atoms with Crippen molar-refractivity contribution in [2.45, 2.75) is 0 Å². The van der Waals surface area contributed by atoms with Crippen molar-refractivity contribution in [3.05, 3.63) is 24.3 Å². The SMILES string of the molecule is O=C(O)[S+]1Oc2ccccc2O1. The largest absolute Gasteiger partial charge is 0.620 e. The molecule has 0 amide bonds. The van der Waals surface area contributed by atoms with Crippen LogP contribution < -0.4 is 8.37 Å². The summed E-state index contributed by atoms with van der Waals surface area (Å²) in [6.07, 6.45) is 0. The zero-order chi connectivity index (χ0) is 8.55. The normalized spacial score (nSPS) is 14.7. The maximum atomic E-state index is 10.4. The molecule has 12 heavy (non-hydrogen) atoms. The number of carbonyl (C=O) groups is 1. The van der Waals surface area contributed by atoms with E-state index in [9.17, 15) is 4.79 Å². The van der Waals surface area contributed by atoms with Crippen LogP contribution in [0, 0.1) is 0 Å². The summed E-state index contributed by atoms with van der Waals surface area (Å²) >= 11 is -1.46. The van der Waals surface area contributed by atoms with Crippen LogP contribution >= 0.6 is 0 Å². The predicted molar refractivity (Wildman–Crippen MR) is 43.1 cm³/mol. The van der Waals surface area contributed by atoms with E-state index in [4.69, 9.17) is 13.5 Å². The van der Waals surface area contributed by atoms with Gasteiger partial charge in [0.25, 0.3) is 0 Å². The number of hydrogen-bond acceptors (Lipinski definition) is 3. The lowest BCUT2D eigenvalue weighted by molar-refractivity contribution is 0.218. The smallest absolute Gasteiger partial charge is 0.435 e. The third-order valence-electron chi connectivity index (χ3n) is 1.32. The van der Waals surface area contributed by atoms with E-state index < -0.39 is 16.8 Å². The quantitative estimate of drug-likeness (QED) is 0.623. The van der Waals surface area contributed by atoms with E-state index in [1.807, 2.05) is 0 Å². The third-order valence-corrected chi connectivity index (χ3v) is 2.27. The summed E-state index contributed by atoms with van der Waals surface area (Å²) in [5.74, 6) is 0.978. The lowest BCUT2D eigenvalue weighted by Crippen LogP contribution is -2.19. The molecule has 0 fully saturated rings. The average Bonchev–Trinajstić information content (AvgIpc) is 2.46. The van der Waals surface area contributed by atoms with Crippen molar-refractivity contribution in [2.24, 2.45) is 0 Å². The molecule has 1 heterocycles. The molecule has 0 atom stereocenters. The van der Waals surface area contributed by atoms with Crippen LogP contribution in [0.2, 0.25) is 0 Å². The third kappa shape index (κ3) is 1.08. The average molecular weight is 185 g/mol. The number of fused-ring (bicyclic) bond motifs is 1. The Morgan fingerprint density at radius 2 is 1.75 bits per heavy atom. The van der Waals surface area contributed by atoms with Crippen molar-refractivity contribution >= 4 is 16.8 Å². The lowest BCUT2D eigenvalue weighted by Gasteiger charge is -1.83. The van der Waals surface area contributed by atoms with Gasteiger partial charge in [-0.05, 0) is 12.1 Å². The molecule has 1 aromatic rings. The Balaban J connectivity index is 2.27. The molecule has 5 heteroatoms. The zero-order valence-corrected chi connectivity index (χ0v) is 6.71. The van der Waals surface area contributed by atoms with E-state index in [0.29, 0.717) is 11.5 Å². The molecule has 0 bridgehead atoms. The number of carboxylic acid groups (broad SMARTS) is 1. The topological polar surface area (TPSA) is 55.8 Å². The first kappa shape index (κ1) is 7.30. The number of rotatable bonds is 0. The van der Waals surface area contributed by atoms with Crippen LogP contribution in [-0.4, -0.2) is 10.4 Å². The second-order valence-corrected chi connectivity index (χ2v) is 3.27. The van der Waals surface area contributed by atoms with E-state index in [1.165, 1.54) is 0 Å². The van der Waals surface area contributed by atoms with Crippen LogP contribution in [-0.2, 0) is 11.5 Å². The zero-order valence-electron chi connectivity index (χ0n) is 5.89. The van der Waals surface area contributed by atoms with Gasteiger partial charge < -0.3 is 5.11 Å². The fourth-order valence-corrected chi connectivity index (χ4v) is 1.62. The van der Waals surface area contributed by atoms with Gasteiger partial charge in [0.15, 0.2) is 0 Å². The minimum absolute atomic E-state index is 0.489. The Morgan fingerprint density at radius 3 is 2.17 bits per heavy atom. The second kappa shape index (κ2) is 2.60. The van der Waals surface area contributed by atoms with Crippen LogP contribution in [0.4, 0.5) is 4.79 Å². The van der Waals surface area contributed by atoms with Gasteiger partial charge in [0.2, 0.25) is 11.5 Å². The highest BCUT2D eigenvalue weighted by Crippen LogP contribution is 2.35. The molecule has 2 rings (SSSR count). The van der Waals surface area contributed by atoms with E-state index in [-0.39, 0.29) is 0 Å². The summed E-state index contributed by atoms with van der Waals surface area (Å²) in [5, 5.41) is 7.46. The van der Waals surface area contributed by atoms with Gasteiger partial charge in [-0.25, -0.2) is 8.37 Å². The molecular weight excluding hydrogens is 180 g/mol. The number of hydrogen-bond donors (Lipinski definition) is 1. The van der Waals surface area contributed by atoms with E-state index >= 15 is 0 Å². The van der Waals surface area contributed by atoms with Crippen molar-refractivity contribution in [2.75, 3.05) is 0 Å². The minimum Gasteiger partial charge on any atom is -0.435 e. The van der Waals surface area contributed by atoms with Gasteiger partial charge in [-0.1, -0.05) is 12.1 Å². The molecule has 0 saturated heterocycles. The molecular formula is C7H5O4S+. The molecule has 1 N–H and O–H groups in total. The Hall–Kier alpha value is -1.36. The highest BCUT2D eigenvalue weighted by atomic mass is 32.2. The second-order valence-electron chi connectivity index (χ2n) is 2.11. The first-order chi connectivity index (χ1) is 5.77. The summed E-state index contributed by atoms with van der Waals surface area (Å²) in [4.78, 5) is 10.4. The summed E-state index contributed by atoms with van der Waals surface area (Å²) in [6.45, 7) is 0. The van der Waals surface area contributed by atoms with Crippen molar-refractivity contribution in [3.8, 4) is 11.5 Å². The predicted octanol–water partition coefficient (Wildman–Crippen LogP) is 1.58. The van der Waals surface area contributed by atoms with Crippen LogP contribution in [0.25, 0.3) is 0 Å². The first-order valence-electron chi connectivity index (χ1n) is 3.20. The number of para-hydroxylation sites is 2. The van der Waals surface area contributed by atoms with Gasteiger partial charge in [0.05, 0.1) is 0 Å². The van der Waals surface area contributed by atoms with Gasteiger partial charge in [-0.2, -0.15) is 4.79 Å². The van der Waals surface area contributed by atoms with Crippen LogP contribution in [0.5, 0.6) is 11.5 Å². The molecule has 1 aliphatic rings. The Kier molecular flexibility index (Phi) is 1.58. The summed E-state index contributed by atoms with van der Waals surface area (Å²) < 4.78 is 9.95. The molecule has 62 valence electrons. The van der Waals surface area contributed by atoms with Gasteiger partial charge in [-0.15, -0.1) is 0 Å². The highest BCUT2D eigenvalue weighted by Gasteiger charge is 2.46. The molecule has 1 aliphatic heterocycles. The van der Waals surface area contributed by atoms with Crippen molar-refractivity contribution in [3.63, 3.8) is 0 Å². The van der Waals surface area contributed by atoms with Gasteiger partial charge in [0, 0.05) is 0 Å². The summed E-state index contributed by atoms with van der Waals surface area (Å²) in [5.41, 5.74) is 0. The molecule has 1 aromatic carbocycles. The monoisotopic (exact) mass is 185 g/mol. The van der Waals surface area contributed by atoms with Crippen molar-refractivity contribution in [1.29, 1.82) is 0 Å². The Morgan fingerprint density at radius 1 is 1.25 bits per heavy atom. The molecule has 0 saturated carbocycles. The summed E-state index contributed by atoms with van der Waals surface area (Å²) in [7, 11) is 0. The maximum Gasteiger partial charge on any atom is 0.620 e. The minimum atomic E-state index is -1.46. The maximum absolute atomic E-state index is 10.4. The number of benzene rings is 1. The fraction of sp³-hybridized carbons (Fsp3) is 0. The molecule has 4 nitrogen and oxygen atoms in total. The first-order valence-corrected chi connectivity index (χ1v) is 4.28. The van der Waals surface area contributed by atoms with E-state index in [2.05, 4.69) is 0 Å². The van der Waals surface area contributed by atoms with Gasteiger partial charge >= 0.3 is 16.8 Å². The van der Waals surface area contributed by atoms with Crippen molar-refractivity contribution in [1.82, 2.24) is 0 Å². The molecule has 0 spiro atoms. The van der Waals surface area contributed by atoms with E-state index in [0.717, 1.165) is 0 Å². The van der Waals surface area contributed by atoms with E-state index in [1.54, 1.807) is 24.3 Å². The van der Waals surface area contributed by atoms with Crippen molar-refractivity contribution < 1.29 is 18.3 Å². The van der Waals surface area contributed by atoms with Crippen LogP contribution in [0.1, 0.15) is 0 Å². The highest BCUT2D eigenvalue weighted by molar-refractivity contribution is 8.03. The lowest BCUT2D eigenvalue weighted by atomic mass is 10.3. The Labute approximate surface area is 71.5 Å².